The van der Waals surface area contributed by atoms with E-state index < -0.39 is 29.2 Å². The Kier molecular flexibility index (Phi) is 5.28. The lowest BCUT2D eigenvalue weighted by Crippen LogP contribution is -2.32. The minimum Gasteiger partial charge on any atom is -0.402 e. The second-order valence-corrected chi connectivity index (χ2v) is 6.40. The van der Waals surface area contributed by atoms with Gasteiger partial charge in [-0.05, 0) is 47.2 Å². The average molecular weight is 298 g/mol. The third-order valence-corrected chi connectivity index (χ3v) is 4.66. The van der Waals surface area contributed by atoms with Crippen molar-refractivity contribution in [2.24, 2.45) is 0 Å². The van der Waals surface area contributed by atoms with E-state index in [2.05, 4.69) is 0 Å². The van der Waals surface area contributed by atoms with Crippen LogP contribution < -0.4 is 0 Å². The van der Waals surface area contributed by atoms with Gasteiger partial charge in [0.15, 0.2) is 0 Å². The van der Waals surface area contributed by atoms with Crippen LogP contribution in [0.15, 0.2) is 9.81 Å². The highest BCUT2D eigenvalue weighted by molar-refractivity contribution is 8.24. The number of esters is 2. The van der Waals surface area contributed by atoms with Gasteiger partial charge in [-0.1, -0.05) is 0 Å². The van der Waals surface area contributed by atoms with Crippen LogP contribution in [-0.2, 0) is 19.1 Å². The number of rotatable bonds is 4. The largest absolute Gasteiger partial charge is 0.402 e. The Morgan fingerprint density at radius 2 is 1.42 bits per heavy atom. The zero-order chi connectivity index (χ0) is 14.5. The molecule has 1 aliphatic rings. The quantitative estimate of drug-likeness (QED) is 0.575. The molecule has 0 radical (unpaired) electrons. The van der Waals surface area contributed by atoms with Crippen molar-refractivity contribution in [2.45, 2.75) is 31.1 Å². The minimum atomic E-state index is -1.56. The van der Waals surface area contributed by atoms with Crippen molar-refractivity contribution in [3.8, 4) is 12.1 Å². The smallest absolute Gasteiger partial charge is 0.367 e. The molecule has 0 spiro atoms. The first-order chi connectivity index (χ1) is 8.92. The SMILES string of the molecule is CC1=C(C)SC(OC(=O)CC#N)(OC(=O)CC#N)S1. The topological polar surface area (TPSA) is 100 Å². The third-order valence-electron chi connectivity index (χ3n) is 1.98. The van der Waals surface area contributed by atoms with E-state index in [4.69, 9.17) is 20.0 Å². The van der Waals surface area contributed by atoms with Crippen molar-refractivity contribution in [2.75, 3.05) is 0 Å². The van der Waals surface area contributed by atoms with Gasteiger partial charge in [-0.2, -0.15) is 10.5 Å². The molecule has 0 saturated heterocycles. The maximum absolute atomic E-state index is 11.4. The number of nitriles is 2. The van der Waals surface area contributed by atoms with Crippen molar-refractivity contribution in [1.29, 1.82) is 10.5 Å². The second-order valence-electron chi connectivity index (χ2n) is 3.43. The third kappa shape index (κ3) is 4.19. The van der Waals surface area contributed by atoms with Gasteiger partial charge >= 0.3 is 16.4 Å². The molecule has 8 heteroatoms. The van der Waals surface area contributed by atoms with Crippen LogP contribution >= 0.6 is 23.5 Å². The predicted molar refractivity (Wildman–Crippen MR) is 68.9 cm³/mol. The Morgan fingerprint density at radius 1 is 1.05 bits per heavy atom. The molecule has 1 aliphatic heterocycles. The number of hydrogen-bond donors (Lipinski definition) is 0. The maximum Gasteiger partial charge on any atom is 0.367 e. The fraction of sp³-hybridized carbons (Fsp3) is 0.455. The lowest BCUT2D eigenvalue weighted by atomic mass is 10.5. The summed E-state index contributed by atoms with van der Waals surface area (Å²) in [6.07, 6.45) is -0.868. The normalized spacial score (nSPS) is 16.4. The van der Waals surface area contributed by atoms with Gasteiger partial charge in [-0.25, -0.2) is 0 Å². The van der Waals surface area contributed by atoms with E-state index in [1.807, 2.05) is 0 Å². The summed E-state index contributed by atoms with van der Waals surface area (Å²) in [7, 11) is 0. The fourth-order valence-electron chi connectivity index (χ4n) is 1.12. The molecule has 0 fully saturated rings. The molecular weight excluding hydrogens is 288 g/mol. The standard InChI is InChI=1S/C11H10N2O4S2/c1-7-8(2)19-11(18-7,16-9(14)3-5-12)17-10(15)4-6-13/h3-4H2,1-2H3. The number of thioether (sulfide) groups is 2. The molecule has 0 unspecified atom stereocenters. The van der Waals surface area contributed by atoms with Gasteiger partial charge in [-0.3, -0.25) is 9.59 Å². The number of carbonyl (C=O) groups excluding carboxylic acids is 2. The lowest BCUT2D eigenvalue weighted by Gasteiger charge is -2.26. The van der Waals surface area contributed by atoms with E-state index >= 15 is 0 Å². The van der Waals surface area contributed by atoms with Crippen LogP contribution in [0.3, 0.4) is 0 Å². The van der Waals surface area contributed by atoms with Crippen molar-refractivity contribution in [3.05, 3.63) is 9.81 Å². The van der Waals surface area contributed by atoms with Gasteiger partial charge in [-0.15, -0.1) is 0 Å². The summed E-state index contributed by atoms with van der Waals surface area (Å²) in [5, 5.41) is 16.9. The van der Waals surface area contributed by atoms with Crippen LogP contribution in [0.1, 0.15) is 26.7 Å². The van der Waals surface area contributed by atoms with Crippen molar-refractivity contribution >= 4 is 35.5 Å². The van der Waals surface area contributed by atoms with Crippen molar-refractivity contribution < 1.29 is 19.1 Å². The Hall–Kier alpha value is -1.64. The number of carbonyl (C=O) groups is 2. The summed E-state index contributed by atoms with van der Waals surface area (Å²) in [6, 6.07) is 3.32. The van der Waals surface area contributed by atoms with Crippen LogP contribution in [0.5, 0.6) is 0 Å². The molecule has 0 saturated carbocycles. The molecule has 100 valence electrons. The van der Waals surface area contributed by atoms with Gasteiger partial charge in [0, 0.05) is 0 Å². The Labute approximate surface area is 118 Å². The second kappa shape index (κ2) is 6.50. The number of hydrogen-bond acceptors (Lipinski definition) is 8. The van der Waals surface area contributed by atoms with Gasteiger partial charge in [0.1, 0.15) is 12.8 Å². The Morgan fingerprint density at radius 3 is 1.74 bits per heavy atom. The summed E-state index contributed by atoms with van der Waals surface area (Å²) >= 11 is 2.13. The number of ether oxygens (including phenoxy) is 2. The zero-order valence-corrected chi connectivity index (χ0v) is 11.9. The van der Waals surface area contributed by atoms with E-state index in [1.165, 1.54) is 0 Å². The highest BCUT2D eigenvalue weighted by Gasteiger charge is 2.46. The molecule has 0 bridgehead atoms. The molecule has 0 aromatic rings. The van der Waals surface area contributed by atoms with Crippen molar-refractivity contribution in [3.63, 3.8) is 0 Å². The van der Waals surface area contributed by atoms with Crippen LogP contribution in [0, 0.1) is 22.7 Å². The molecule has 0 N–H and O–H groups in total. The summed E-state index contributed by atoms with van der Waals surface area (Å²) in [5.41, 5.74) is 0. The molecule has 19 heavy (non-hydrogen) atoms. The molecule has 1 heterocycles. The monoisotopic (exact) mass is 298 g/mol. The summed E-state index contributed by atoms with van der Waals surface area (Å²) in [4.78, 5) is 24.5. The Balaban J connectivity index is 2.83. The Bertz CT molecular complexity index is 470. The molecule has 0 amide bonds. The highest BCUT2D eigenvalue weighted by Crippen LogP contribution is 2.55. The fourth-order valence-corrected chi connectivity index (χ4v) is 3.87. The van der Waals surface area contributed by atoms with E-state index in [1.54, 1.807) is 26.0 Å². The van der Waals surface area contributed by atoms with Crippen LogP contribution in [0.25, 0.3) is 0 Å². The maximum atomic E-state index is 11.4. The molecule has 0 aliphatic carbocycles. The lowest BCUT2D eigenvalue weighted by molar-refractivity contribution is -0.177. The van der Waals surface area contributed by atoms with E-state index in [0.717, 1.165) is 33.3 Å². The molecule has 1 rings (SSSR count). The van der Waals surface area contributed by atoms with Gasteiger partial charge in [0.25, 0.3) is 0 Å². The van der Waals surface area contributed by atoms with Crippen LogP contribution in [0.4, 0.5) is 0 Å². The zero-order valence-electron chi connectivity index (χ0n) is 10.3. The first-order valence-electron chi connectivity index (χ1n) is 5.15. The van der Waals surface area contributed by atoms with E-state index in [-0.39, 0.29) is 0 Å². The van der Waals surface area contributed by atoms with Crippen LogP contribution in [-0.4, -0.2) is 16.4 Å². The highest BCUT2D eigenvalue weighted by atomic mass is 32.2. The van der Waals surface area contributed by atoms with Crippen LogP contribution in [0.2, 0.25) is 0 Å². The van der Waals surface area contributed by atoms with Gasteiger partial charge in [0.2, 0.25) is 0 Å². The molecule has 6 nitrogen and oxygen atoms in total. The summed E-state index contributed by atoms with van der Waals surface area (Å²) < 4.78 is 8.58. The number of allylic oxidation sites excluding steroid dienone is 2. The first kappa shape index (κ1) is 15.4. The van der Waals surface area contributed by atoms with E-state index in [9.17, 15) is 9.59 Å². The molecular formula is C11H10N2O4S2. The van der Waals surface area contributed by atoms with Gasteiger partial charge in [0.05, 0.1) is 12.1 Å². The summed E-state index contributed by atoms with van der Waals surface area (Å²) in [6.45, 7) is 3.59. The minimum absolute atomic E-state index is 0.434. The summed E-state index contributed by atoms with van der Waals surface area (Å²) in [5.74, 6) is -1.57. The molecule has 0 aromatic carbocycles. The molecule has 0 aromatic heterocycles. The number of nitrogens with zero attached hydrogens (tertiary/aromatic N) is 2. The van der Waals surface area contributed by atoms with Gasteiger partial charge < -0.3 is 9.47 Å². The van der Waals surface area contributed by atoms with Crippen molar-refractivity contribution in [1.82, 2.24) is 0 Å². The molecule has 0 atom stereocenters. The van der Waals surface area contributed by atoms with E-state index in [0.29, 0.717) is 0 Å². The first-order valence-corrected chi connectivity index (χ1v) is 6.79. The average Bonchev–Trinajstić information content (AvgIpc) is 2.53. The predicted octanol–water partition coefficient (Wildman–Crippen LogP) is 2.24.